The van der Waals surface area contributed by atoms with E-state index >= 15 is 0 Å². The zero-order valence-corrected chi connectivity index (χ0v) is 17.4. The monoisotopic (exact) mass is 415 g/mol. The number of unbranched alkanes of at least 4 members (excludes halogenated alkanes) is 1. The van der Waals surface area contributed by atoms with Gasteiger partial charge >= 0.3 is 6.01 Å². The molecule has 3 aromatic rings. The van der Waals surface area contributed by atoms with E-state index in [4.69, 9.17) is 22.1 Å². The molecule has 0 unspecified atom stereocenters. The van der Waals surface area contributed by atoms with Crippen molar-refractivity contribution in [3.8, 4) is 6.01 Å². The summed E-state index contributed by atoms with van der Waals surface area (Å²) in [7, 11) is 0. The SMILES string of the molecule is CCCCOc1nc(N)c2ncc(Cc3cnc(N4CCCCC4)cc3Cl)n2n1. The third kappa shape index (κ3) is 4.37. The second-order valence-electron chi connectivity index (χ2n) is 7.32. The molecule has 0 spiro atoms. The van der Waals surface area contributed by atoms with Gasteiger partial charge in [-0.25, -0.2) is 14.5 Å². The standard InChI is InChI=1S/C20H26ClN7O/c1-2-3-9-29-20-25-18(22)19-24-13-15(28(19)26-20)10-14-12-23-17(11-16(14)21)27-7-5-4-6-8-27/h11-13H,2-10H2,1H3,(H2,22,25,26). The molecule has 0 aliphatic carbocycles. The lowest BCUT2D eigenvalue weighted by atomic mass is 10.1. The molecule has 0 radical (unpaired) electrons. The number of fused-ring (bicyclic) bond motifs is 1. The average Bonchev–Trinajstić information content (AvgIpc) is 3.14. The molecule has 0 amide bonds. The summed E-state index contributed by atoms with van der Waals surface area (Å²) in [6, 6.07) is 2.21. The Morgan fingerprint density at radius 3 is 2.76 bits per heavy atom. The Labute approximate surface area is 175 Å². The Hall–Kier alpha value is -2.61. The van der Waals surface area contributed by atoms with Crippen molar-refractivity contribution >= 4 is 28.9 Å². The van der Waals surface area contributed by atoms with Crippen molar-refractivity contribution < 1.29 is 4.74 Å². The summed E-state index contributed by atoms with van der Waals surface area (Å²) in [6.07, 6.45) is 9.78. The highest BCUT2D eigenvalue weighted by atomic mass is 35.5. The molecule has 4 rings (SSSR count). The first kappa shape index (κ1) is 19.7. The summed E-state index contributed by atoms with van der Waals surface area (Å²) >= 11 is 6.59. The summed E-state index contributed by atoms with van der Waals surface area (Å²) in [5.41, 5.74) is 8.32. The van der Waals surface area contributed by atoms with E-state index in [2.05, 4.69) is 31.9 Å². The average molecular weight is 416 g/mol. The van der Waals surface area contributed by atoms with E-state index in [0.717, 1.165) is 43.0 Å². The number of pyridine rings is 1. The van der Waals surface area contributed by atoms with Gasteiger partial charge in [-0.1, -0.05) is 24.9 Å². The third-order valence-electron chi connectivity index (χ3n) is 5.14. The number of nitrogen functional groups attached to an aromatic ring is 1. The molecule has 1 fully saturated rings. The fourth-order valence-electron chi connectivity index (χ4n) is 3.49. The van der Waals surface area contributed by atoms with Crippen LogP contribution >= 0.6 is 11.6 Å². The molecule has 0 bridgehead atoms. The van der Waals surface area contributed by atoms with Crippen molar-refractivity contribution in [3.63, 3.8) is 0 Å². The first-order valence-corrected chi connectivity index (χ1v) is 10.6. The molecule has 0 aromatic carbocycles. The van der Waals surface area contributed by atoms with E-state index in [-0.39, 0.29) is 6.01 Å². The minimum absolute atomic E-state index is 0.257. The summed E-state index contributed by atoms with van der Waals surface area (Å²) in [5.74, 6) is 1.23. The van der Waals surface area contributed by atoms with Crippen LogP contribution in [0.4, 0.5) is 11.6 Å². The van der Waals surface area contributed by atoms with Crippen molar-refractivity contribution in [2.75, 3.05) is 30.3 Å². The van der Waals surface area contributed by atoms with Gasteiger partial charge < -0.3 is 15.4 Å². The van der Waals surface area contributed by atoms with Crippen LogP contribution in [0.3, 0.4) is 0 Å². The van der Waals surface area contributed by atoms with Gasteiger partial charge in [0.05, 0.1) is 18.5 Å². The van der Waals surface area contributed by atoms with Crippen LogP contribution in [0.2, 0.25) is 5.02 Å². The predicted octanol–water partition coefficient (Wildman–Crippen LogP) is 3.51. The van der Waals surface area contributed by atoms with Crippen LogP contribution in [0.1, 0.15) is 50.3 Å². The van der Waals surface area contributed by atoms with Gasteiger partial charge in [-0.05, 0) is 37.3 Å². The number of halogens is 1. The topological polar surface area (TPSA) is 94.5 Å². The lowest BCUT2D eigenvalue weighted by molar-refractivity contribution is 0.280. The highest BCUT2D eigenvalue weighted by Gasteiger charge is 2.16. The number of hydrogen-bond donors (Lipinski definition) is 1. The molecule has 29 heavy (non-hydrogen) atoms. The Bertz CT molecular complexity index is 984. The van der Waals surface area contributed by atoms with E-state index < -0.39 is 0 Å². The van der Waals surface area contributed by atoms with Crippen LogP contribution in [-0.2, 0) is 6.42 Å². The smallest absolute Gasteiger partial charge is 0.336 e. The maximum absolute atomic E-state index is 6.59. The molecule has 2 N–H and O–H groups in total. The maximum Gasteiger partial charge on any atom is 0.336 e. The molecule has 4 heterocycles. The molecule has 0 atom stereocenters. The summed E-state index contributed by atoms with van der Waals surface area (Å²) in [6.45, 7) is 4.73. The normalized spacial score (nSPS) is 14.5. The van der Waals surface area contributed by atoms with E-state index in [1.807, 2.05) is 12.3 Å². The van der Waals surface area contributed by atoms with Crippen LogP contribution in [0, 0.1) is 0 Å². The lowest BCUT2D eigenvalue weighted by Gasteiger charge is -2.28. The fourth-order valence-corrected chi connectivity index (χ4v) is 3.70. The molecule has 1 aliphatic rings. The van der Waals surface area contributed by atoms with Crippen LogP contribution in [0.5, 0.6) is 6.01 Å². The van der Waals surface area contributed by atoms with Gasteiger partial charge in [0.1, 0.15) is 5.82 Å². The van der Waals surface area contributed by atoms with Gasteiger partial charge in [0.15, 0.2) is 11.5 Å². The second-order valence-corrected chi connectivity index (χ2v) is 7.73. The number of imidazole rings is 1. The Kier molecular flexibility index (Phi) is 5.99. The number of nitrogens with zero attached hydrogens (tertiary/aromatic N) is 6. The van der Waals surface area contributed by atoms with Gasteiger partial charge in [0.2, 0.25) is 0 Å². The van der Waals surface area contributed by atoms with Gasteiger partial charge in [-0.15, -0.1) is 5.10 Å². The quantitative estimate of drug-likeness (QED) is 0.590. The van der Waals surface area contributed by atoms with Gasteiger partial charge in [-0.3, -0.25) is 0 Å². The Morgan fingerprint density at radius 2 is 2.00 bits per heavy atom. The molecular weight excluding hydrogens is 390 g/mol. The zero-order chi connectivity index (χ0) is 20.2. The van der Waals surface area contributed by atoms with E-state index in [1.54, 1.807) is 10.7 Å². The fraction of sp³-hybridized carbons (Fsp3) is 0.500. The van der Waals surface area contributed by atoms with Crippen LogP contribution in [-0.4, -0.2) is 44.3 Å². The summed E-state index contributed by atoms with van der Waals surface area (Å²) in [4.78, 5) is 15.5. The lowest BCUT2D eigenvalue weighted by Crippen LogP contribution is -2.30. The summed E-state index contributed by atoms with van der Waals surface area (Å²) in [5, 5.41) is 5.15. The first-order chi connectivity index (χ1) is 14.2. The van der Waals surface area contributed by atoms with Crippen molar-refractivity contribution in [2.45, 2.75) is 45.4 Å². The van der Waals surface area contributed by atoms with Crippen molar-refractivity contribution in [1.82, 2.24) is 24.6 Å². The molecule has 0 saturated carbocycles. The first-order valence-electron chi connectivity index (χ1n) is 10.2. The van der Waals surface area contributed by atoms with Crippen LogP contribution in [0.25, 0.3) is 5.65 Å². The minimum Gasteiger partial charge on any atom is -0.462 e. The zero-order valence-electron chi connectivity index (χ0n) is 16.6. The minimum atomic E-state index is 0.257. The molecule has 1 saturated heterocycles. The number of ether oxygens (including phenoxy) is 1. The van der Waals surface area contributed by atoms with Crippen LogP contribution in [0.15, 0.2) is 18.5 Å². The van der Waals surface area contributed by atoms with E-state index in [9.17, 15) is 0 Å². The molecular formula is C20H26ClN7O. The highest BCUT2D eigenvalue weighted by Crippen LogP contribution is 2.26. The Balaban J connectivity index is 1.57. The van der Waals surface area contributed by atoms with Crippen LogP contribution < -0.4 is 15.4 Å². The second kappa shape index (κ2) is 8.82. The highest BCUT2D eigenvalue weighted by molar-refractivity contribution is 6.31. The number of nitrogens with two attached hydrogens (primary N) is 1. The van der Waals surface area contributed by atoms with Gasteiger partial charge in [0, 0.05) is 30.7 Å². The third-order valence-corrected chi connectivity index (χ3v) is 5.49. The number of anilines is 2. The number of hydrogen-bond acceptors (Lipinski definition) is 7. The van der Waals surface area contributed by atoms with Crippen molar-refractivity contribution in [2.24, 2.45) is 0 Å². The largest absolute Gasteiger partial charge is 0.462 e. The molecule has 3 aromatic heterocycles. The number of piperidine rings is 1. The molecule has 154 valence electrons. The molecule has 1 aliphatic heterocycles. The molecule has 9 heteroatoms. The molecule has 8 nitrogen and oxygen atoms in total. The van der Waals surface area contributed by atoms with Crippen molar-refractivity contribution in [3.05, 3.63) is 34.7 Å². The van der Waals surface area contributed by atoms with E-state index in [1.165, 1.54) is 19.3 Å². The van der Waals surface area contributed by atoms with Crippen molar-refractivity contribution in [1.29, 1.82) is 0 Å². The van der Waals surface area contributed by atoms with E-state index in [0.29, 0.717) is 29.5 Å². The predicted molar refractivity (Wildman–Crippen MR) is 114 cm³/mol. The summed E-state index contributed by atoms with van der Waals surface area (Å²) < 4.78 is 7.30. The number of rotatable bonds is 7. The maximum atomic E-state index is 6.59. The van der Waals surface area contributed by atoms with Gasteiger partial charge in [0.25, 0.3) is 0 Å². The number of aromatic nitrogens is 5. The van der Waals surface area contributed by atoms with Gasteiger partial charge in [-0.2, -0.15) is 4.98 Å². The Morgan fingerprint density at radius 1 is 1.17 bits per heavy atom.